The Morgan fingerprint density at radius 1 is 0.939 bits per heavy atom. The minimum absolute atomic E-state index is 0.0674. The molecule has 196 valence electrons. The van der Waals surface area contributed by atoms with Crippen LogP contribution in [0.5, 0.6) is 0 Å². The van der Waals surface area contributed by atoms with Crippen LogP contribution in [0, 0.1) is 5.41 Å². The van der Waals surface area contributed by atoms with E-state index in [-0.39, 0.29) is 5.91 Å². The number of ether oxygens (including phenoxy) is 1. The Morgan fingerprint density at radius 2 is 1.48 bits per heavy atom. The number of carbonyl (C=O) groups excluding carboxylic acids is 1. The van der Waals surface area contributed by atoms with Gasteiger partial charge in [0.2, 0.25) is 5.91 Å². The number of nitrogens with zero attached hydrogens (tertiary/aromatic N) is 1. The third-order valence-electron chi connectivity index (χ3n) is 5.91. The monoisotopic (exact) mass is 468 g/mol. The normalized spacial score (nSPS) is 14.2. The number of unbranched alkanes of at least 4 members (excludes halogenated alkanes) is 11. The Bertz CT molecular complexity index is 486. The molecule has 2 atom stereocenters. The van der Waals surface area contributed by atoms with E-state index >= 15 is 0 Å². The molecule has 0 heterocycles. The van der Waals surface area contributed by atoms with Crippen LogP contribution >= 0.6 is 0 Å². The third kappa shape index (κ3) is 20.2. The highest BCUT2D eigenvalue weighted by molar-refractivity contribution is 5.81. The molecule has 0 spiro atoms. The van der Waals surface area contributed by atoms with E-state index in [0.29, 0.717) is 13.2 Å². The Morgan fingerprint density at radius 3 is 2.00 bits per heavy atom. The molecule has 0 fully saturated rings. The predicted octanol–water partition coefficient (Wildman–Crippen LogP) is 6.10. The highest BCUT2D eigenvalue weighted by Gasteiger charge is 2.26. The molecule has 33 heavy (non-hydrogen) atoms. The van der Waals surface area contributed by atoms with E-state index in [1.165, 1.54) is 64.2 Å². The summed E-state index contributed by atoms with van der Waals surface area (Å²) >= 11 is 0. The van der Waals surface area contributed by atoms with Gasteiger partial charge in [0.25, 0.3) is 0 Å². The smallest absolute Gasteiger partial charge is 0.225 e. The molecule has 0 saturated carbocycles. The molecule has 0 aliphatic heterocycles. The van der Waals surface area contributed by atoms with Crippen LogP contribution in [0.3, 0.4) is 0 Å². The first-order valence-corrected chi connectivity index (χ1v) is 13.6. The largest absolute Gasteiger partial charge is 0.387 e. The van der Waals surface area contributed by atoms with Crippen molar-refractivity contribution in [1.82, 2.24) is 10.2 Å². The van der Waals surface area contributed by atoms with Crippen LogP contribution in [-0.2, 0) is 9.53 Å². The van der Waals surface area contributed by atoms with Crippen molar-refractivity contribution in [2.75, 3.05) is 33.9 Å². The minimum atomic E-state index is -0.738. The van der Waals surface area contributed by atoms with Crippen molar-refractivity contribution in [3.63, 3.8) is 0 Å². The lowest BCUT2D eigenvalue weighted by Crippen LogP contribution is -2.49. The predicted molar refractivity (Wildman–Crippen MR) is 142 cm³/mol. The Labute approximate surface area is 205 Å². The summed E-state index contributed by atoms with van der Waals surface area (Å²) in [6.07, 6.45) is 19.7. The SMILES string of the molecule is CCCCCCCCCCCCC/C=C/[C@@H](O)[C@H](COCCCN(C)C)NC(=O)C(C)(C)C. The lowest BCUT2D eigenvalue weighted by Gasteiger charge is -2.26. The van der Waals surface area contributed by atoms with Gasteiger partial charge in [0.1, 0.15) is 0 Å². The van der Waals surface area contributed by atoms with E-state index in [1.54, 1.807) is 0 Å². The standard InChI is InChI=1S/C28H56N2O3/c1-7-8-9-10-11-12-13-14-15-16-17-18-19-21-26(31)25(29-27(32)28(2,3)4)24-33-23-20-22-30(5)6/h19,21,25-26,31H,7-18,20,22-24H2,1-6H3,(H,29,32)/b21-19+/t25-,26+/m0/s1. The van der Waals surface area contributed by atoms with Gasteiger partial charge in [0.15, 0.2) is 0 Å². The second-order valence-corrected chi connectivity index (χ2v) is 10.8. The average molecular weight is 469 g/mol. The molecule has 0 aromatic carbocycles. The van der Waals surface area contributed by atoms with Gasteiger partial charge in [0, 0.05) is 12.0 Å². The van der Waals surface area contributed by atoms with E-state index in [4.69, 9.17) is 4.74 Å². The van der Waals surface area contributed by atoms with Crippen LogP contribution in [0.2, 0.25) is 0 Å². The van der Waals surface area contributed by atoms with E-state index < -0.39 is 17.6 Å². The number of allylic oxidation sites excluding steroid dienone is 1. The van der Waals surface area contributed by atoms with Crippen molar-refractivity contribution < 1.29 is 14.6 Å². The average Bonchev–Trinajstić information content (AvgIpc) is 2.74. The van der Waals surface area contributed by atoms with Crippen LogP contribution in [0.4, 0.5) is 0 Å². The number of amides is 1. The molecule has 5 nitrogen and oxygen atoms in total. The van der Waals surface area contributed by atoms with Gasteiger partial charge in [-0.2, -0.15) is 0 Å². The third-order valence-corrected chi connectivity index (χ3v) is 5.91. The fourth-order valence-corrected chi connectivity index (χ4v) is 3.60. The number of aliphatic hydroxyl groups excluding tert-OH is 1. The molecule has 0 aromatic heterocycles. The van der Waals surface area contributed by atoms with Crippen molar-refractivity contribution in [1.29, 1.82) is 0 Å². The van der Waals surface area contributed by atoms with Crippen molar-refractivity contribution >= 4 is 5.91 Å². The molecule has 0 aliphatic rings. The molecule has 0 rings (SSSR count). The Kier molecular flexibility index (Phi) is 19.9. The lowest BCUT2D eigenvalue weighted by atomic mass is 9.95. The number of aliphatic hydroxyl groups is 1. The number of hydrogen-bond acceptors (Lipinski definition) is 4. The van der Waals surface area contributed by atoms with Crippen LogP contribution in [0.25, 0.3) is 0 Å². The maximum absolute atomic E-state index is 12.4. The summed E-state index contributed by atoms with van der Waals surface area (Å²) in [6, 6.07) is -0.426. The zero-order valence-electron chi connectivity index (χ0n) is 22.8. The van der Waals surface area contributed by atoms with E-state index in [1.807, 2.05) is 40.9 Å². The number of nitrogens with one attached hydrogen (secondary N) is 1. The van der Waals surface area contributed by atoms with Gasteiger partial charge < -0.3 is 20.1 Å². The quantitative estimate of drug-likeness (QED) is 0.158. The first kappa shape index (κ1) is 32.1. The van der Waals surface area contributed by atoms with Crippen molar-refractivity contribution in [2.24, 2.45) is 5.41 Å². The molecule has 5 heteroatoms. The van der Waals surface area contributed by atoms with Gasteiger partial charge in [-0.15, -0.1) is 0 Å². The van der Waals surface area contributed by atoms with Gasteiger partial charge in [-0.1, -0.05) is 104 Å². The number of hydrogen-bond donors (Lipinski definition) is 2. The lowest BCUT2D eigenvalue weighted by molar-refractivity contribution is -0.130. The second-order valence-electron chi connectivity index (χ2n) is 10.8. The van der Waals surface area contributed by atoms with Gasteiger partial charge in [-0.25, -0.2) is 0 Å². The fourth-order valence-electron chi connectivity index (χ4n) is 3.60. The second kappa shape index (κ2) is 20.5. The maximum Gasteiger partial charge on any atom is 0.225 e. The van der Waals surface area contributed by atoms with Crippen molar-refractivity contribution in [2.45, 2.75) is 123 Å². The first-order valence-electron chi connectivity index (χ1n) is 13.6. The molecule has 0 aromatic rings. The topological polar surface area (TPSA) is 61.8 Å². The molecule has 0 saturated heterocycles. The van der Waals surface area contributed by atoms with E-state index in [2.05, 4.69) is 23.2 Å². The zero-order valence-corrected chi connectivity index (χ0v) is 22.8. The minimum Gasteiger partial charge on any atom is -0.387 e. The summed E-state index contributed by atoms with van der Waals surface area (Å²) in [5.74, 6) is -0.0674. The number of rotatable bonds is 21. The molecule has 0 radical (unpaired) electrons. The first-order chi connectivity index (χ1) is 15.7. The Balaban J connectivity index is 4.15. The molecule has 0 unspecified atom stereocenters. The van der Waals surface area contributed by atoms with E-state index in [9.17, 15) is 9.90 Å². The van der Waals surface area contributed by atoms with Crippen LogP contribution in [-0.4, -0.2) is 61.9 Å². The highest BCUT2D eigenvalue weighted by atomic mass is 16.5. The highest BCUT2D eigenvalue weighted by Crippen LogP contribution is 2.15. The van der Waals surface area contributed by atoms with E-state index in [0.717, 1.165) is 25.8 Å². The molecule has 1 amide bonds. The Hall–Kier alpha value is -0.910. The summed E-state index contributed by atoms with van der Waals surface area (Å²) in [5, 5.41) is 13.6. The van der Waals surface area contributed by atoms with Gasteiger partial charge in [0.05, 0.1) is 18.8 Å². The zero-order chi connectivity index (χ0) is 25.0. The van der Waals surface area contributed by atoms with Gasteiger partial charge in [-0.05, 0) is 39.9 Å². The van der Waals surface area contributed by atoms with Crippen molar-refractivity contribution in [3.8, 4) is 0 Å². The van der Waals surface area contributed by atoms with Crippen LogP contribution in [0.1, 0.15) is 111 Å². The molecular formula is C28H56N2O3. The molecule has 0 aliphatic carbocycles. The summed E-state index contributed by atoms with van der Waals surface area (Å²) in [5.41, 5.74) is -0.498. The summed E-state index contributed by atoms with van der Waals surface area (Å²) in [6.45, 7) is 9.81. The van der Waals surface area contributed by atoms with Crippen LogP contribution in [0.15, 0.2) is 12.2 Å². The molecular weight excluding hydrogens is 412 g/mol. The molecule has 0 bridgehead atoms. The van der Waals surface area contributed by atoms with Gasteiger partial charge in [-0.3, -0.25) is 4.79 Å². The molecule has 2 N–H and O–H groups in total. The fraction of sp³-hybridized carbons (Fsp3) is 0.893. The van der Waals surface area contributed by atoms with Crippen molar-refractivity contribution in [3.05, 3.63) is 12.2 Å². The maximum atomic E-state index is 12.4. The summed E-state index contributed by atoms with van der Waals surface area (Å²) in [4.78, 5) is 14.6. The van der Waals surface area contributed by atoms with Crippen LogP contribution < -0.4 is 5.32 Å². The summed E-state index contributed by atoms with van der Waals surface area (Å²) < 4.78 is 5.76. The summed E-state index contributed by atoms with van der Waals surface area (Å²) in [7, 11) is 4.08. The van der Waals surface area contributed by atoms with Gasteiger partial charge >= 0.3 is 0 Å². The number of carbonyl (C=O) groups is 1.